The van der Waals surface area contributed by atoms with E-state index in [-0.39, 0.29) is 0 Å². The number of unbranched alkanes of at least 4 members (excludes halogenated alkanes) is 4. The van der Waals surface area contributed by atoms with E-state index >= 15 is 0 Å². The highest BCUT2D eigenvalue weighted by atomic mass is 14.3. The fourth-order valence-electron chi connectivity index (χ4n) is 6.32. The molecule has 0 nitrogen and oxygen atoms in total. The minimum absolute atomic E-state index is 0.762. The van der Waals surface area contributed by atoms with Crippen molar-refractivity contribution in [2.24, 2.45) is 5.92 Å². The van der Waals surface area contributed by atoms with Gasteiger partial charge >= 0.3 is 0 Å². The highest BCUT2D eigenvalue weighted by Crippen LogP contribution is 2.41. The quantitative estimate of drug-likeness (QED) is 0.253. The molecule has 0 aromatic heterocycles. The van der Waals surface area contributed by atoms with E-state index in [9.17, 15) is 0 Å². The molecule has 4 rings (SSSR count). The van der Waals surface area contributed by atoms with E-state index in [0.29, 0.717) is 0 Å². The normalized spacial score (nSPS) is 25.6. The van der Waals surface area contributed by atoms with Crippen LogP contribution in [0.15, 0.2) is 61.2 Å². The van der Waals surface area contributed by atoms with Gasteiger partial charge in [-0.2, -0.15) is 0 Å². The molecule has 178 valence electrons. The lowest BCUT2D eigenvalue weighted by molar-refractivity contribution is 0.348. The van der Waals surface area contributed by atoms with Crippen molar-refractivity contribution in [2.45, 2.75) is 115 Å². The fraction of sp³-hybridized carbons (Fsp3) is 0.576. The van der Waals surface area contributed by atoms with Crippen molar-refractivity contribution in [3.05, 3.63) is 83.4 Å². The van der Waals surface area contributed by atoms with Gasteiger partial charge in [-0.1, -0.05) is 87.2 Å². The molecule has 0 amide bonds. The molecule has 33 heavy (non-hydrogen) atoms. The zero-order valence-electron chi connectivity index (χ0n) is 21.1. The predicted octanol–water partition coefficient (Wildman–Crippen LogP) is 10.1. The zero-order valence-corrected chi connectivity index (χ0v) is 21.1. The summed E-state index contributed by atoms with van der Waals surface area (Å²) in [6.07, 6.45) is 20.7. The Morgan fingerprint density at radius 2 is 1.03 bits per heavy atom. The van der Waals surface area contributed by atoms with Gasteiger partial charge in [0.1, 0.15) is 0 Å². The molecule has 0 N–H and O–H groups in total. The molecule has 0 bridgehead atoms. The molecule has 2 saturated carbocycles. The Balaban J connectivity index is 1.21. The van der Waals surface area contributed by atoms with Crippen molar-refractivity contribution in [3.63, 3.8) is 0 Å². The summed E-state index contributed by atoms with van der Waals surface area (Å²) in [7, 11) is 0. The van der Waals surface area contributed by atoms with Crippen molar-refractivity contribution >= 4 is 0 Å². The Kier molecular flexibility index (Phi) is 9.27. The van der Waals surface area contributed by atoms with Crippen molar-refractivity contribution in [2.75, 3.05) is 0 Å². The average Bonchev–Trinajstić information content (AvgIpc) is 2.87. The zero-order chi connectivity index (χ0) is 22.9. The maximum absolute atomic E-state index is 3.81. The lowest BCUT2D eigenvalue weighted by atomic mass is 9.75. The van der Waals surface area contributed by atoms with Gasteiger partial charge in [-0.05, 0) is 110 Å². The topological polar surface area (TPSA) is 0 Å². The summed E-state index contributed by atoms with van der Waals surface area (Å²) >= 11 is 0. The van der Waals surface area contributed by atoms with Gasteiger partial charge in [0.15, 0.2) is 0 Å². The summed E-state index contributed by atoms with van der Waals surface area (Å²) in [5.74, 6) is 3.27. The first kappa shape index (κ1) is 24.3. The molecule has 2 aliphatic rings. The van der Waals surface area contributed by atoms with Gasteiger partial charge in [-0.3, -0.25) is 0 Å². The van der Waals surface area contributed by atoms with Crippen LogP contribution in [-0.2, 0) is 6.42 Å². The lowest BCUT2D eigenvalue weighted by Crippen LogP contribution is -2.13. The van der Waals surface area contributed by atoms with Crippen LogP contribution in [0.4, 0.5) is 0 Å². The Bertz CT molecular complexity index is 811. The average molecular weight is 443 g/mol. The highest BCUT2D eigenvalue weighted by Gasteiger charge is 2.24. The standard InChI is InChI=1S/C33H46/c1-3-4-5-6-7-8-9-27-12-16-29(17-13-27)31-20-24-33(25-21-31)32-22-18-30(19-23-32)28-14-10-26(2)11-15-28/h3,12-13,16-19,22-23,26,28,31,33H,1,4-11,14-15,20-21,24-25H2,2H3. The monoisotopic (exact) mass is 442 g/mol. The molecule has 0 spiro atoms. The van der Waals surface area contributed by atoms with Crippen LogP contribution in [0.25, 0.3) is 0 Å². The van der Waals surface area contributed by atoms with Crippen LogP contribution in [0.5, 0.6) is 0 Å². The van der Waals surface area contributed by atoms with E-state index in [1.165, 1.54) is 95.5 Å². The van der Waals surface area contributed by atoms with Crippen LogP contribution in [0.3, 0.4) is 0 Å². The van der Waals surface area contributed by atoms with E-state index in [1.807, 2.05) is 6.08 Å². The van der Waals surface area contributed by atoms with E-state index in [1.54, 1.807) is 16.7 Å². The maximum Gasteiger partial charge on any atom is -0.0162 e. The molecule has 2 fully saturated rings. The molecule has 2 aromatic rings. The third kappa shape index (κ3) is 7.08. The third-order valence-electron chi connectivity index (χ3n) is 8.70. The number of benzene rings is 2. The second-order valence-corrected chi connectivity index (χ2v) is 11.2. The summed E-state index contributed by atoms with van der Waals surface area (Å²) < 4.78 is 0. The van der Waals surface area contributed by atoms with Crippen LogP contribution < -0.4 is 0 Å². The molecule has 0 heteroatoms. The van der Waals surface area contributed by atoms with Crippen LogP contribution in [0.1, 0.15) is 130 Å². The first-order chi connectivity index (χ1) is 16.2. The van der Waals surface area contributed by atoms with Crippen LogP contribution in [-0.4, -0.2) is 0 Å². The second-order valence-electron chi connectivity index (χ2n) is 11.2. The molecule has 0 heterocycles. The minimum Gasteiger partial charge on any atom is -0.103 e. The number of hydrogen-bond donors (Lipinski definition) is 0. The van der Waals surface area contributed by atoms with Gasteiger partial charge < -0.3 is 0 Å². The summed E-state index contributed by atoms with van der Waals surface area (Å²) in [5, 5.41) is 0. The van der Waals surface area contributed by atoms with Crippen molar-refractivity contribution in [1.82, 2.24) is 0 Å². The molecule has 0 saturated heterocycles. The van der Waals surface area contributed by atoms with Gasteiger partial charge in [0.25, 0.3) is 0 Å². The summed E-state index contributed by atoms with van der Waals surface area (Å²) in [5.41, 5.74) is 6.27. The molecular weight excluding hydrogens is 396 g/mol. The van der Waals surface area contributed by atoms with Gasteiger partial charge in [0.2, 0.25) is 0 Å². The summed E-state index contributed by atoms with van der Waals surface area (Å²) in [6, 6.07) is 19.5. The highest BCUT2D eigenvalue weighted by molar-refractivity contribution is 5.30. The number of rotatable bonds is 10. The predicted molar refractivity (Wildman–Crippen MR) is 144 cm³/mol. The molecule has 0 aliphatic heterocycles. The van der Waals surface area contributed by atoms with Gasteiger partial charge in [0.05, 0.1) is 0 Å². The van der Waals surface area contributed by atoms with Gasteiger partial charge in [-0.25, -0.2) is 0 Å². The first-order valence-electron chi connectivity index (χ1n) is 14.0. The van der Waals surface area contributed by atoms with Crippen molar-refractivity contribution in [3.8, 4) is 0 Å². The SMILES string of the molecule is C=CCCCCCCc1ccc(C2CCC(c3ccc(C4CCC(C)CC4)cc3)CC2)cc1. The van der Waals surface area contributed by atoms with E-state index in [0.717, 1.165) is 23.7 Å². The third-order valence-corrected chi connectivity index (χ3v) is 8.70. The van der Waals surface area contributed by atoms with E-state index in [2.05, 4.69) is 62.0 Å². The molecule has 2 aromatic carbocycles. The smallest absolute Gasteiger partial charge is 0.0162 e. The van der Waals surface area contributed by atoms with Crippen molar-refractivity contribution in [1.29, 1.82) is 0 Å². The largest absolute Gasteiger partial charge is 0.103 e. The Morgan fingerprint density at radius 1 is 0.606 bits per heavy atom. The van der Waals surface area contributed by atoms with E-state index in [4.69, 9.17) is 0 Å². The van der Waals surface area contributed by atoms with Gasteiger partial charge in [0, 0.05) is 0 Å². The Hall–Kier alpha value is -1.82. The molecule has 0 radical (unpaired) electrons. The number of aryl methyl sites for hydroxylation is 1. The number of allylic oxidation sites excluding steroid dienone is 1. The molecular formula is C33H46. The minimum atomic E-state index is 0.762. The number of hydrogen-bond acceptors (Lipinski definition) is 0. The Morgan fingerprint density at radius 3 is 1.52 bits per heavy atom. The summed E-state index contributed by atoms with van der Waals surface area (Å²) in [6.45, 7) is 6.23. The first-order valence-corrected chi connectivity index (χ1v) is 14.0. The molecule has 0 unspecified atom stereocenters. The van der Waals surface area contributed by atoms with Crippen LogP contribution in [0.2, 0.25) is 0 Å². The van der Waals surface area contributed by atoms with Crippen molar-refractivity contribution < 1.29 is 0 Å². The molecule has 0 atom stereocenters. The van der Waals surface area contributed by atoms with Gasteiger partial charge in [-0.15, -0.1) is 6.58 Å². The van der Waals surface area contributed by atoms with Crippen LogP contribution >= 0.6 is 0 Å². The summed E-state index contributed by atoms with van der Waals surface area (Å²) in [4.78, 5) is 0. The fourth-order valence-corrected chi connectivity index (χ4v) is 6.32. The maximum atomic E-state index is 3.81. The van der Waals surface area contributed by atoms with E-state index < -0.39 is 0 Å². The second kappa shape index (κ2) is 12.6. The lowest BCUT2D eigenvalue weighted by Gasteiger charge is -2.30. The molecule has 2 aliphatic carbocycles. The Labute approximate surface area is 203 Å². The van der Waals surface area contributed by atoms with Crippen LogP contribution in [0, 0.1) is 5.92 Å².